The number of aryl methyl sites for hydroxylation is 2. The number of hydrogen-bond acceptors (Lipinski definition) is 12. The number of anilines is 3. The molecular formula is C32H45ClN8O4S2. The molecule has 256 valence electrons. The smallest absolute Gasteiger partial charge is 0.227 e. The molecule has 3 aliphatic heterocycles. The number of pyridine rings is 1. The first kappa shape index (κ1) is 35.5. The maximum Gasteiger partial charge on any atom is 0.227 e. The number of nitrogens with one attached hydrogen (secondary N) is 2. The number of hydrogen-bond donors (Lipinski definition) is 4. The zero-order valence-corrected chi connectivity index (χ0v) is 29.7. The van der Waals surface area contributed by atoms with Crippen molar-refractivity contribution in [2.75, 3.05) is 53.3 Å². The highest BCUT2D eigenvalue weighted by atomic mass is 35.5. The van der Waals surface area contributed by atoms with Gasteiger partial charge in [0.05, 0.1) is 58.3 Å². The van der Waals surface area contributed by atoms with Crippen molar-refractivity contribution in [2.24, 2.45) is 11.8 Å². The van der Waals surface area contributed by atoms with Crippen LogP contribution in [0.5, 0.6) is 0 Å². The molecule has 0 aromatic carbocycles. The third-order valence-corrected chi connectivity index (χ3v) is 12.0. The molecule has 4 atom stereocenters. The highest BCUT2D eigenvalue weighted by Gasteiger charge is 2.30. The van der Waals surface area contributed by atoms with E-state index in [1.54, 1.807) is 0 Å². The van der Waals surface area contributed by atoms with Crippen LogP contribution in [0.3, 0.4) is 0 Å². The Kier molecular flexibility index (Phi) is 12.2. The molecule has 3 aromatic rings. The van der Waals surface area contributed by atoms with Crippen molar-refractivity contribution in [3.8, 4) is 0 Å². The molecular weight excluding hydrogens is 660 g/mol. The largest absolute Gasteiger partial charge is 0.394 e. The summed E-state index contributed by atoms with van der Waals surface area (Å²) < 4.78 is 24.4. The van der Waals surface area contributed by atoms with Gasteiger partial charge >= 0.3 is 0 Å². The van der Waals surface area contributed by atoms with Gasteiger partial charge in [-0.2, -0.15) is 9.97 Å². The predicted octanol–water partition coefficient (Wildman–Crippen LogP) is 3.57. The number of rotatable bonds is 10. The fourth-order valence-electron chi connectivity index (χ4n) is 5.93. The summed E-state index contributed by atoms with van der Waals surface area (Å²) in [4.78, 5) is 25.5. The number of aliphatic hydroxyl groups excluding tert-OH is 2. The zero-order valence-electron chi connectivity index (χ0n) is 27.4. The van der Waals surface area contributed by atoms with Crippen LogP contribution in [0, 0.1) is 11.8 Å². The van der Waals surface area contributed by atoms with Gasteiger partial charge in [0.2, 0.25) is 11.2 Å². The van der Waals surface area contributed by atoms with E-state index >= 15 is 0 Å². The number of aliphatic hydroxyl groups is 2. The van der Waals surface area contributed by atoms with Crippen LogP contribution in [0.15, 0.2) is 34.3 Å². The maximum absolute atomic E-state index is 12.5. The molecule has 3 aromatic heterocycles. The van der Waals surface area contributed by atoms with E-state index in [1.807, 2.05) is 26.2 Å². The molecule has 4 N–H and O–H groups in total. The molecule has 6 heterocycles. The first-order valence-electron chi connectivity index (χ1n) is 16.2. The van der Waals surface area contributed by atoms with Crippen molar-refractivity contribution >= 4 is 50.8 Å². The van der Waals surface area contributed by atoms with Crippen LogP contribution in [0.2, 0.25) is 5.28 Å². The second-order valence-corrected chi connectivity index (χ2v) is 16.1. The van der Waals surface area contributed by atoms with E-state index in [9.17, 15) is 18.6 Å². The molecule has 1 saturated heterocycles. The van der Waals surface area contributed by atoms with Crippen molar-refractivity contribution in [1.82, 2.24) is 24.9 Å². The second kappa shape index (κ2) is 16.1. The topological polar surface area (TPSA) is 166 Å². The highest BCUT2D eigenvalue weighted by Crippen LogP contribution is 2.34. The van der Waals surface area contributed by atoms with Gasteiger partial charge in [0.15, 0.2) is 0 Å². The summed E-state index contributed by atoms with van der Waals surface area (Å²) >= 11 is 5.86. The predicted molar refractivity (Wildman–Crippen MR) is 186 cm³/mol. The van der Waals surface area contributed by atoms with Gasteiger partial charge in [0.1, 0.15) is 21.4 Å². The van der Waals surface area contributed by atoms with E-state index in [0.717, 1.165) is 42.2 Å². The molecule has 0 bridgehead atoms. The fourth-order valence-corrected chi connectivity index (χ4v) is 8.75. The Labute approximate surface area is 286 Å². The average molecular weight is 705 g/mol. The molecule has 0 aliphatic carbocycles. The molecule has 3 aliphatic rings. The Morgan fingerprint density at radius 2 is 1.34 bits per heavy atom. The monoisotopic (exact) mass is 704 g/mol. The molecule has 47 heavy (non-hydrogen) atoms. The maximum atomic E-state index is 12.5. The van der Waals surface area contributed by atoms with E-state index in [0.29, 0.717) is 52.7 Å². The molecule has 0 radical (unpaired) electrons. The first-order valence-corrected chi connectivity index (χ1v) is 19.2. The number of fused-ring (bicyclic) bond motifs is 2. The molecule has 0 saturated carbocycles. The van der Waals surface area contributed by atoms with Gasteiger partial charge in [-0.1, -0.05) is 27.7 Å². The minimum atomic E-state index is -1.08. The Bertz CT molecular complexity index is 1570. The van der Waals surface area contributed by atoms with Crippen LogP contribution in [0.25, 0.3) is 0 Å². The summed E-state index contributed by atoms with van der Waals surface area (Å²) in [6.07, 6.45) is 7.18. The third-order valence-electron chi connectivity index (χ3n) is 8.94. The standard InChI is InChI=1S/C21H29N5O2S.C11H16ClN3O2S/c1-14(2)18(13-27)23-20-19-17(7-12-29(19)28)24-21(25-20)26-10-5-16(6-11-26)15-3-8-22-9-4-15;1-6(2)8(5-16)13-10-9-7(3-4-18(9)17)14-11(12)15-10/h3-4,8-9,14,16,18,27H,5-7,10-13H2,1-2H3,(H,23,24,25);6,8,16H,3-5H2,1-2H3,(H,13,14,15)/t18-,29?;8-,18?/m00/s1. The minimum Gasteiger partial charge on any atom is -0.394 e. The highest BCUT2D eigenvalue weighted by molar-refractivity contribution is 7.85. The summed E-state index contributed by atoms with van der Waals surface area (Å²) in [7, 11) is -2.16. The lowest BCUT2D eigenvalue weighted by atomic mass is 9.90. The number of piperidine rings is 1. The van der Waals surface area contributed by atoms with E-state index < -0.39 is 21.6 Å². The summed E-state index contributed by atoms with van der Waals surface area (Å²) in [5.41, 5.74) is 2.97. The lowest BCUT2D eigenvalue weighted by Crippen LogP contribution is -2.35. The summed E-state index contributed by atoms with van der Waals surface area (Å²) in [6, 6.07) is 3.93. The molecule has 0 spiro atoms. The van der Waals surface area contributed by atoms with E-state index in [4.69, 9.17) is 21.6 Å². The normalized spacial score (nSPS) is 20.4. The minimum absolute atomic E-state index is 0.00966. The molecule has 15 heteroatoms. The summed E-state index contributed by atoms with van der Waals surface area (Å²) in [5, 5.41) is 25.7. The summed E-state index contributed by atoms with van der Waals surface area (Å²) in [5.74, 6) is 3.99. The van der Waals surface area contributed by atoms with Crippen LogP contribution in [-0.2, 0) is 34.4 Å². The molecule has 2 unspecified atom stereocenters. The van der Waals surface area contributed by atoms with Crippen molar-refractivity contribution in [3.63, 3.8) is 0 Å². The first-order chi connectivity index (χ1) is 22.6. The lowest BCUT2D eigenvalue weighted by Gasteiger charge is -2.33. The Balaban J connectivity index is 0.000000207. The number of halogens is 1. The van der Waals surface area contributed by atoms with Gasteiger partial charge < -0.3 is 25.7 Å². The Hall–Kier alpha value is -2.78. The lowest BCUT2D eigenvalue weighted by molar-refractivity contribution is 0.248. The molecule has 6 rings (SSSR count). The van der Waals surface area contributed by atoms with Crippen molar-refractivity contribution in [1.29, 1.82) is 0 Å². The average Bonchev–Trinajstić information content (AvgIpc) is 3.64. The van der Waals surface area contributed by atoms with Crippen LogP contribution in [0.1, 0.15) is 63.4 Å². The number of aromatic nitrogens is 5. The van der Waals surface area contributed by atoms with Crippen LogP contribution < -0.4 is 15.5 Å². The molecule has 1 fully saturated rings. The van der Waals surface area contributed by atoms with Crippen molar-refractivity contribution in [2.45, 2.75) is 81.2 Å². The van der Waals surface area contributed by atoms with Crippen molar-refractivity contribution in [3.05, 3.63) is 46.8 Å². The fraction of sp³-hybridized carbons (Fsp3) is 0.594. The van der Waals surface area contributed by atoms with Crippen molar-refractivity contribution < 1.29 is 18.6 Å². The van der Waals surface area contributed by atoms with E-state index in [2.05, 4.69) is 56.5 Å². The number of nitrogens with zero attached hydrogens (tertiary/aromatic N) is 6. The second-order valence-electron chi connectivity index (χ2n) is 12.8. The van der Waals surface area contributed by atoms with E-state index in [1.165, 1.54) is 5.56 Å². The van der Waals surface area contributed by atoms with Gasteiger partial charge in [-0.25, -0.2) is 9.97 Å². The van der Waals surface area contributed by atoms with Crippen LogP contribution in [-0.4, -0.2) is 93.4 Å². The quantitative estimate of drug-likeness (QED) is 0.227. The third kappa shape index (κ3) is 8.45. The van der Waals surface area contributed by atoms with E-state index in [-0.39, 0.29) is 42.4 Å². The Morgan fingerprint density at radius 1 is 0.830 bits per heavy atom. The Morgan fingerprint density at radius 3 is 1.85 bits per heavy atom. The molecule has 0 amide bonds. The molecule has 12 nitrogen and oxygen atoms in total. The van der Waals surface area contributed by atoms with Gasteiger partial charge in [0.25, 0.3) is 0 Å². The SMILES string of the molecule is CC(C)[C@H](CO)Nc1nc(Cl)nc2c1S(=O)CC2.CC(C)[C@H](CO)Nc1nc(N2CCC(c3ccncc3)CC2)nc2c1S(=O)CC2. The van der Waals surface area contributed by atoms with Gasteiger partial charge in [-0.05, 0) is 59.9 Å². The summed E-state index contributed by atoms with van der Waals surface area (Å²) in [6.45, 7) is 9.87. The van der Waals surface area contributed by atoms with Crippen LogP contribution >= 0.6 is 11.6 Å². The van der Waals surface area contributed by atoms with Gasteiger partial charge in [-0.15, -0.1) is 0 Å². The van der Waals surface area contributed by atoms with Crippen LogP contribution in [0.4, 0.5) is 17.6 Å². The zero-order chi connectivity index (χ0) is 33.7. The van der Waals surface area contributed by atoms with Gasteiger partial charge in [0, 0.05) is 49.8 Å². The van der Waals surface area contributed by atoms with Gasteiger partial charge in [-0.3, -0.25) is 13.4 Å².